The molecule has 3 N–H and O–H groups in total. The van der Waals surface area contributed by atoms with Crippen LogP contribution in [0.3, 0.4) is 0 Å². The van der Waals surface area contributed by atoms with Crippen molar-refractivity contribution in [3.05, 3.63) is 72.9 Å². The molecular formula is C51H91O9P. The molecular weight excluding hydrogens is 788 g/mol. The van der Waals surface area contributed by atoms with Crippen LogP contribution in [0, 0.1) is 0 Å². The number of hydrogen-bond acceptors (Lipinski definition) is 8. The van der Waals surface area contributed by atoms with E-state index in [9.17, 15) is 19.4 Å². The lowest BCUT2D eigenvalue weighted by Gasteiger charge is -2.20. The second-order valence-electron chi connectivity index (χ2n) is 16.1. The maximum atomic E-state index is 12.7. The third kappa shape index (κ3) is 47.2. The van der Waals surface area contributed by atoms with Gasteiger partial charge in [-0.2, -0.15) is 0 Å². The first-order chi connectivity index (χ1) is 29.8. The van der Waals surface area contributed by atoms with Gasteiger partial charge in [0.2, 0.25) is 0 Å². The average molecular weight is 879 g/mol. The van der Waals surface area contributed by atoms with Gasteiger partial charge in [0.15, 0.2) is 0 Å². The molecule has 0 radical (unpaired) electrons. The number of aliphatic hydroxyl groups is 2. The third-order valence-corrected chi connectivity index (χ3v) is 11.1. The van der Waals surface area contributed by atoms with Crippen molar-refractivity contribution in [3.63, 3.8) is 0 Å². The number of rotatable bonds is 46. The first-order valence-electron chi connectivity index (χ1n) is 24.4. The summed E-state index contributed by atoms with van der Waals surface area (Å²) in [5, 5.41) is 18.4. The van der Waals surface area contributed by atoms with Crippen LogP contribution in [0.5, 0.6) is 0 Å². The van der Waals surface area contributed by atoms with Gasteiger partial charge in [0, 0.05) is 13.0 Å². The molecule has 354 valence electrons. The monoisotopic (exact) mass is 879 g/mol. The maximum Gasteiger partial charge on any atom is 0.472 e. The molecule has 0 bridgehead atoms. The second-order valence-corrected chi connectivity index (χ2v) is 17.6. The number of carbonyl (C=O) groups excluding carboxylic acids is 1. The van der Waals surface area contributed by atoms with Crippen molar-refractivity contribution in [1.29, 1.82) is 0 Å². The van der Waals surface area contributed by atoms with Gasteiger partial charge in [-0.25, -0.2) is 4.57 Å². The van der Waals surface area contributed by atoms with Crippen molar-refractivity contribution in [3.8, 4) is 0 Å². The molecule has 61 heavy (non-hydrogen) atoms. The summed E-state index contributed by atoms with van der Waals surface area (Å²) in [6.07, 6.45) is 57.2. The van der Waals surface area contributed by atoms with Gasteiger partial charge in [0.05, 0.1) is 26.4 Å². The van der Waals surface area contributed by atoms with E-state index in [0.29, 0.717) is 6.61 Å². The van der Waals surface area contributed by atoms with Crippen LogP contribution in [0.15, 0.2) is 72.9 Å². The van der Waals surface area contributed by atoms with E-state index in [1.807, 2.05) is 0 Å². The van der Waals surface area contributed by atoms with Crippen molar-refractivity contribution < 1.29 is 43.0 Å². The molecule has 0 aromatic rings. The first-order valence-corrected chi connectivity index (χ1v) is 25.9. The van der Waals surface area contributed by atoms with E-state index in [1.54, 1.807) is 0 Å². The Balaban J connectivity index is 4.19. The Morgan fingerprint density at radius 2 is 0.934 bits per heavy atom. The topological polar surface area (TPSA) is 132 Å². The highest BCUT2D eigenvalue weighted by Crippen LogP contribution is 2.43. The number of aliphatic hydroxyl groups excluding tert-OH is 2. The Labute approximate surface area is 373 Å². The van der Waals surface area contributed by atoms with Gasteiger partial charge >= 0.3 is 13.8 Å². The summed E-state index contributed by atoms with van der Waals surface area (Å²) in [5.41, 5.74) is 0. The molecule has 0 aromatic carbocycles. The molecule has 0 aliphatic heterocycles. The Kier molecular flexibility index (Phi) is 45.7. The maximum absolute atomic E-state index is 12.7. The summed E-state index contributed by atoms with van der Waals surface area (Å²) >= 11 is 0. The standard InChI is InChI=1S/C51H91O9P/c1-3-5-7-9-11-13-15-17-19-21-23-24-25-26-28-30-32-34-36-38-40-42-44-57-47-50(48-59-61(55,56)58-46-49(53)45-52)60-51(54)43-41-39-37-35-33-31-29-27-22-20-18-16-14-12-10-8-6-4-2/h5,7,11,13,17,19,23-24,26,28,32,34,49-50,52-53H,3-4,6,8-10,12,14-16,18,20-22,25,27,29-31,33,35-48H2,1-2H3,(H,55,56)/b7-5-,13-11-,19-17-,24-23-,28-26-,34-32-. The van der Waals surface area contributed by atoms with E-state index < -0.39 is 45.8 Å². The van der Waals surface area contributed by atoms with Crippen LogP contribution in [0.1, 0.15) is 200 Å². The van der Waals surface area contributed by atoms with Crippen LogP contribution in [-0.4, -0.2) is 66.3 Å². The van der Waals surface area contributed by atoms with Crippen LogP contribution in [0.4, 0.5) is 0 Å². The summed E-state index contributed by atoms with van der Waals surface area (Å²) < 4.78 is 33.4. The quantitative estimate of drug-likeness (QED) is 0.0237. The van der Waals surface area contributed by atoms with Crippen LogP contribution in [0.2, 0.25) is 0 Å². The zero-order valence-corrected chi connectivity index (χ0v) is 39.8. The van der Waals surface area contributed by atoms with E-state index in [4.69, 9.17) is 23.6 Å². The highest BCUT2D eigenvalue weighted by atomic mass is 31.2. The molecule has 9 nitrogen and oxygen atoms in total. The minimum atomic E-state index is -4.53. The van der Waals surface area contributed by atoms with Gasteiger partial charge in [0.25, 0.3) is 0 Å². The fraction of sp³-hybridized carbons (Fsp3) is 0.745. The molecule has 0 rings (SSSR count). The van der Waals surface area contributed by atoms with Crippen molar-refractivity contribution in [1.82, 2.24) is 0 Å². The normalized spacial score (nSPS) is 14.5. The SMILES string of the molecule is CC/C=C\C/C=C\C/C=C\C/C=C\C/C=C\C/C=C\CCCCCOCC(COP(=O)(O)OCC(O)CO)OC(=O)CCCCCCCCCCCCCCCCCCCC. The average Bonchev–Trinajstić information content (AvgIpc) is 3.25. The van der Waals surface area contributed by atoms with Crippen molar-refractivity contribution in [2.24, 2.45) is 0 Å². The van der Waals surface area contributed by atoms with Gasteiger partial charge in [0.1, 0.15) is 12.2 Å². The van der Waals surface area contributed by atoms with E-state index in [1.165, 1.54) is 96.3 Å². The van der Waals surface area contributed by atoms with Gasteiger partial charge < -0.3 is 24.6 Å². The minimum absolute atomic E-state index is 0.0251. The summed E-state index contributed by atoms with van der Waals surface area (Å²) in [4.78, 5) is 22.7. The molecule has 0 aromatic heterocycles. The molecule has 0 saturated heterocycles. The highest BCUT2D eigenvalue weighted by molar-refractivity contribution is 7.47. The lowest BCUT2D eigenvalue weighted by atomic mass is 10.0. The fourth-order valence-corrected chi connectivity index (χ4v) is 7.27. The molecule has 3 atom stereocenters. The minimum Gasteiger partial charge on any atom is -0.457 e. The number of carbonyl (C=O) groups is 1. The number of phosphoric ester groups is 1. The lowest BCUT2D eigenvalue weighted by molar-refractivity contribution is -0.154. The van der Waals surface area contributed by atoms with E-state index in [0.717, 1.165) is 83.5 Å². The van der Waals surface area contributed by atoms with E-state index in [-0.39, 0.29) is 13.0 Å². The van der Waals surface area contributed by atoms with Gasteiger partial charge in [-0.3, -0.25) is 13.8 Å². The Morgan fingerprint density at radius 3 is 1.39 bits per heavy atom. The smallest absolute Gasteiger partial charge is 0.457 e. The van der Waals surface area contributed by atoms with Gasteiger partial charge in [-0.05, 0) is 64.2 Å². The molecule has 0 fully saturated rings. The van der Waals surface area contributed by atoms with E-state index in [2.05, 4.69) is 86.8 Å². The van der Waals surface area contributed by atoms with Crippen LogP contribution < -0.4 is 0 Å². The number of esters is 1. The summed E-state index contributed by atoms with van der Waals surface area (Å²) in [7, 11) is -4.53. The van der Waals surface area contributed by atoms with Crippen LogP contribution in [-0.2, 0) is 27.9 Å². The van der Waals surface area contributed by atoms with E-state index >= 15 is 0 Å². The number of unbranched alkanes of at least 4 members (excludes halogenated alkanes) is 20. The van der Waals surface area contributed by atoms with Crippen LogP contribution in [0.25, 0.3) is 0 Å². The molecule has 0 aliphatic carbocycles. The van der Waals surface area contributed by atoms with Crippen molar-refractivity contribution in [2.45, 2.75) is 212 Å². The molecule has 10 heteroatoms. The van der Waals surface area contributed by atoms with Crippen molar-refractivity contribution >= 4 is 13.8 Å². The predicted molar refractivity (Wildman–Crippen MR) is 256 cm³/mol. The third-order valence-electron chi connectivity index (χ3n) is 10.2. The molecule has 3 unspecified atom stereocenters. The van der Waals surface area contributed by atoms with Gasteiger partial charge in [-0.1, -0.05) is 202 Å². The molecule has 0 aliphatic rings. The molecule has 0 amide bonds. The summed E-state index contributed by atoms with van der Waals surface area (Å²) in [6, 6.07) is 0. The molecule has 0 heterocycles. The first kappa shape index (κ1) is 58.9. The van der Waals surface area contributed by atoms with Gasteiger partial charge in [-0.15, -0.1) is 0 Å². The number of phosphoric acid groups is 1. The number of ether oxygens (including phenoxy) is 2. The van der Waals surface area contributed by atoms with Crippen molar-refractivity contribution in [2.75, 3.05) is 33.0 Å². The Hall–Kier alpha value is -2.10. The second kappa shape index (κ2) is 47.4. The summed E-state index contributed by atoms with van der Waals surface area (Å²) in [6.45, 7) is 3.33. The van der Waals surface area contributed by atoms with Crippen LogP contribution >= 0.6 is 7.82 Å². The number of hydrogen-bond donors (Lipinski definition) is 3. The predicted octanol–water partition coefficient (Wildman–Crippen LogP) is 14.1. The summed E-state index contributed by atoms with van der Waals surface area (Å²) in [5.74, 6) is -0.394. The zero-order valence-electron chi connectivity index (χ0n) is 38.9. The fourth-order valence-electron chi connectivity index (χ4n) is 6.48. The molecule has 0 saturated carbocycles. The lowest BCUT2D eigenvalue weighted by Crippen LogP contribution is -2.29. The largest absolute Gasteiger partial charge is 0.472 e. The molecule has 0 spiro atoms. The zero-order chi connectivity index (χ0) is 44.6. The highest BCUT2D eigenvalue weighted by Gasteiger charge is 2.26. The number of allylic oxidation sites excluding steroid dienone is 12. The Morgan fingerprint density at radius 1 is 0.525 bits per heavy atom. The Bertz CT molecular complexity index is 1180.